The van der Waals surface area contributed by atoms with E-state index in [-0.39, 0.29) is 59.7 Å². The first-order chi connectivity index (χ1) is 31.2. The van der Waals surface area contributed by atoms with Gasteiger partial charge in [-0.1, -0.05) is 39.8 Å². The van der Waals surface area contributed by atoms with Crippen molar-refractivity contribution in [1.82, 2.24) is 39.0 Å². The largest absolute Gasteiger partial charge is 0.508 e. The van der Waals surface area contributed by atoms with Crippen LogP contribution < -0.4 is 11.2 Å². The first kappa shape index (κ1) is 43.3. The van der Waals surface area contributed by atoms with Crippen molar-refractivity contribution < 1.29 is 34.4 Å². The third-order valence-corrected chi connectivity index (χ3v) is 13.2. The van der Waals surface area contributed by atoms with Crippen LogP contribution in [-0.2, 0) is 46.0 Å². The summed E-state index contributed by atoms with van der Waals surface area (Å²) >= 11 is 0. The van der Waals surface area contributed by atoms with Crippen molar-refractivity contribution >= 4 is 23.0 Å². The molecule has 6 heterocycles. The van der Waals surface area contributed by atoms with Gasteiger partial charge in [0, 0.05) is 75.4 Å². The Morgan fingerprint density at radius 1 is 0.938 bits per heavy atom. The van der Waals surface area contributed by atoms with Gasteiger partial charge in [0.15, 0.2) is 5.82 Å². The summed E-state index contributed by atoms with van der Waals surface area (Å²) < 4.78 is 14.7. The van der Waals surface area contributed by atoms with Gasteiger partial charge in [-0.25, -0.2) is 29.0 Å². The molecule has 6 aromatic rings. The standard InChI is InChI=1S/C48H52N8O9/c1-6-31-33-20-30(57)12-13-38(33)49-42-35(31)25-55-39(42)22-37-36(44(55)60)26-64-45(61)48(37,7-2)65-47(63)52(5)14-15-53-16-18-54(19-17-53)24-28-8-10-29(11-9-28)56-43(50-51-46(56)62)34-21-32(27(3)4)40(58)23-41(34)59/h8-13,20-23,27,57-59H,6-7,14-19,24-26H2,1-5H3,(H,51,62). The molecule has 0 bridgehead atoms. The maximum absolute atomic E-state index is 14.1. The Kier molecular flexibility index (Phi) is 11.2. The number of nitrogens with zero attached hydrogens (tertiary/aromatic N) is 7. The van der Waals surface area contributed by atoms with Crippen molar-refractivity contribution in [2.45, 2.75) is 71.8 Å². The lowest BCUT2D eigenvalue weighted by Gasteiger charge is -2.37. The molecule has 3 aromatic heterocycles. The summed E-state index contributed by atoms with van der Waals surface area (Å²) in [6.45, 7) is 12.4. The molecular formula is C48H52N8O9. The van der Waals surface area contributed by atoms with Gasteiger partial charge in [0.2, 0.25) is 5.60 Å². The van der Waals surface area contributed by atoms with Crippen LogP contribution in [0.25, 0.3) is 39.4 Å². The van der Waals surface area contributed by atoms with Gasteiger partial charge in [-0.05, 0) is 77.9 Å². The quantitative estimate of drug-likeness (QED) is 0.122. The second-order valence-corrected chi connectivity index (χ2v) is 17.4. The summed E-state index contributed by atoms with van der Waals surface area (Å²) in [6.07, 6.45) is -0.00194. The number of carbonyl (C=O) groups excluding carboxylic acids is 2. The maximum atomic E-state index is 14.1. The lowest BCUT2D eigenvalue weighted by molar-refractivity contribution is -0.173. The average Bonchev–Trinajstić information content (AvgIpc) is 3.86. The second kappa shape index (κ2) is 16.9. The molecule has 1 amide bonds. The van der Waals surface area contributed by atoms with E-state index in [4.69, 9.17) is 14.5 Å². The van der Waals surface area contributed by atoms with Gasteiger partial charge in [-0.15, -0.1) is 0 Å². The summed E-state index contributed by atoms with van der Waals surface area (Å²) in [6, 6.07) is 17.3. The highest BCUT2D eigenvalue weighted by Gasteiger charge is 2.51. The van der Waals surface area contributed by atoms with E-state index in [1.165, 1.54) is 15.5 Å². The molecule has 3 aliphatic rings. The lowest BCUT2D eigenvalue weighted by Crippen LogP contribution is -2.50. The Balaban J connectivity index is 0.835. The van der Waals surface area contributed by atoms with Crippen molar-refractivity contribution in [3.63, 3.8) is 0 Å². The number of pyridine rings is 2. The number of aromatic nitrogens is 5. The Morgan fingerprint density at radius 3 is 2.38 bits per heavy atom. The van der Waals surface area contributed by atoms with Gasteiger partial charge in [0.1, 0.15) is 23.9 Å². The average molecular weight is 885 g/mol. The van der Waals surface area contributed by atoms with Gasteiger partial charge >= 0.3 is 17.8 Å². The molecule has 3 aliphatic heterocycles. The third kappa shape index (κ3) is 7.57. The number of ether oxygens (including phenoxy) is 2. The highest BCUT2D eigenvalue weighted by Crippen LogP contribution is 2.43. The third-order valence-electron chi connectivity index (χ3n) is 13.2. The van der Waals surface area contributed by atoms with E-state index >= 15 is 0 Å². The van der Waals surface area contributed by atoms with Crippen molar-refractivity contribution in [2.75, 3.05) is 46.3 Å². The lowest BCUT2D eigenvalue weighted by atomic mass is 9.85. The number of carbonyl (C=O) groups is 2. The van der Waals surface area contributed by atoms with E-state index in [0.717, 1.165) is 48.3 Å². The van der Waals surface area contributed by atoms with Crippen LogP contribution in [0, 0.1) is 0 Å². The highest BCUT2D eigenvalue weighted by atomic mass is 16.6. The van der Waals surface area contributed by atoms with E-state index in [0.29, 0.717) is 65.3 Å². The molecule has 9 rings (SSSR count). The molecule has 338 valence electrons. The predicted octanol–water partition coefficient (Wildman–Crippen LogP) is 5.32. The number of aromatic hydroxyl groups is 3. The molecule has 0 saturated carbocycles. The summed E-state index contributed by atoms with van der Waals surface area (Å²) in [4.78, 5) is 65.5. The number of rotatable bonds is 11. The zero-order valence-electron chi connectivity index (χ0n) is 37.1. The van der Waals surface area contributed by atoms with Crippen LogP contribution >= 0.6 is 0 Å². The number of amides is 1. The van der Waals surface area contributed by atoms with Crippen LogP contribution in [0.5, 0.6) is 17.2 Å². The Hall–Kier alpha value is -6.98. The zero-order chi connectivity index (χ0) is 45.9. The summed E-state index contributed by atoms with van der Waals surface area (Å²) in [5.74, 6) is -0.597. The first-order valence-electron chi connectivity index (χ1n) is 22.0. The topological polar surface area (TPSA) is 209 Å². The van der Waals surface area contributed by atoms with Gasteiger partial charge in [-0.3, -0.25) is 14.6 Å². The van der Waals surface area contributed by atoms with Crippen LogP contribution in [0.1, 0.15) is 73.4 Å². The number of cyclic esters (lactones) is 1. The molecule has 1 saturated heterocycles. The number of piperazine rings is 1. The second-order valence-electron chi connectivity index (χ2n) is 17.4. The minimum atomic E-state index is -1.83. The molecule has 1 atom stereocenters. The number of likely N-dealkylation sites (N-methyl/N-ethyl adjacent to an activating group) is 1. The van der Waals surface area contributed by atoms with Crippen molar-refractivity contribution in [1.29, 1.82) is 0 Å². The minimum absolute atomic E-state index is 0.0194. The monoisotopic (exact) mass is 884 g/mol. The van der Waals surface area contributed by atoms with E-state index in [9.17, 15) is 34.5 Å². The Morgan fingerprint density at radius 2 is 1.68 bits per heavy atom. The van der Waals surface area contributed by atoms with Crippen LogP contribution in [0.15, 0.2) is 70.3 Å². The number of H-pyrrole nitrogens is 1. The zero-order valence-corrected chi connectivity index (χ0v) is 37.1. The van der Waals surface area contributed by atoms with Crippen LogP contribution in [0.3, 0.4) is 0 Å². The van der Waals surface area contributed by atoms with Crippen LogP contribution in [0.4, 0.5) is 4.79 Å². The van der Waals surface area contributed by atoms with Crippen LogP contribution in [-0.4, -0.2) is 113 Å². The number of benzene rings is 3. The van der Waals surface area contributed by atoms with Crippen molar-refractivity contribution in [2.24, 2.45) is 0 Å². The summed E-state index contributed by atoms with van der Waals surface area (Å²) in [7, 11) is 1.63. The van der Waals surface area contributed by atoms with E-state index in [1.807, 2.05) is 45.0 Å². The van der Waals surface area contributed by atoms with Gasteiger partial charge < -0.3 is 34.3 Å². The molecule has 4 N–H and O–H groups in total. The number of phenols is 3. The van der Waals surface area contributed by atoms with E-state index < -0.39 is 23.4 Å². The van der Waals surface area contributed by atoms with E-state index in [2.05, 4.69) is 20.0 Å². The number of phenolic OH excluding ortho intramolecular Hbond substituents is 3. The van der Waals surface area contributed by atoms with E-state index in [1.54, 1.807) is 48.9 Å². The molecule has 0 aliphatic carbocycles. The van der Waals surface area contributed by atoms with Gasteiger partial charge in [-0.2, -0.15) is 5.10 Å². The molecule has 0 radical (unpaired) electrons. The number of aryl methyl sites for hydroxylation is 1. The van der Waals surface area contributed by atoms with Crippen molar-refractivity contribution in [3.05, 3.63) is 115 Å². The number of hydrogen-bond acceptors (Lipinski definition) is 13. The smallest absolute Gasteiger partial charge is 0.411 e. The number of fused-ring (bicyclic) bond motifs is 5. The molecule has 3 aromatic carbocycles. The fraction of sp³-hybridized carbons (Fsp3) is 0.375. The SMILES string of the molecule is CCc1c2c(nc3ccc(O)cc13)-c1cc3c(c(=O)n1C2)COC(=O)C3(CC)OC(=O)N(C)CCN1CCN(Cc2ccc(-n3c(-c4cc(C(C)C)c(O)cc4O)n[nH]c3=O)cc2)CC1. The molecule has 17 nitrogen and oxygen atoms in total. The molecular weight excluding hydrogens is 833 g/mol. The number of aromatic amines is 1. The maximum Gasteiger partial charge on any atom is 0.411 e. The summed E-state index contributed by atoms with van der Waals surface area (Å²) in [5.41, 5.74) is 4.23. The summed E-state index contributed by atoms with van der Waals surface area (Å²) in [5, 5.41) is 38.7. The predicted molar refractivity (Wildman–Crippen MR) is 241 cm³/mol. The Bertz CT molecular complexity index is 2980. The van der Waals surface area contributed by atoms with Gasteiger partial charge in [0.25, 0.3) is 5.56 Å². The fourth-order valence-corrected chi connectivity index (χ4v) is 9.45. The number of hydrogen-bond donors (Lipinski definition) is 4. The molecule has 1 fully saturated rings. The number of esters is 1. The molecule has 0 spiro atoms. The number of nitrogens with one attached hydrogen (secondary N) is 1. The van der Waals surface area contributed by atoms with Crippen molar-refractivity contribution in [3.8, 4) is 45.7 Å². The van der Waals surface area contributed by atoms with Gasteiger partial charge in [0.05, 0.1) is 40.3 Å². The molecule has 65 heavy (non-hydrogen) atoms. The first-order valence-corrected chi connectivity index (χ1v) is 22.0. The minimum Gasteiger partial charge on any atom is -0.508 e. The highest BCUT2D eigenvalue weighted by molar-refractivity contribution is 5.90. The fourth-order valence-electron chi connectivity index (χ4n) is 9.45. The molecule has 17 heteroatoms. The van der Waals surface area contributed by atoms with Crippen LogP contribution in [0.2, 0.25) is 0 Å². The molecule has 1 unspecified atom stereocenters. The Labute approximate surface area is 374 Å². The normalized spacial score (nSPS) is 17.2.